The molecule has 1 fully saturated rings. The molecule has 14 heavy (non-hydrogen) atoms. The molecule has 1 heterocycles. The highest BCUT2D eigenvalue weighted by atomic mass is 15.1. The fourth-order valence-electron chi connectivity index (χ4n) is 2.23. The summed E-state index contributed by atoms with van der Waals surface area (Å²) < 4.78 is 0. The van der Waals surface area contributed by atoms with Crippen molar-refractivity contribution in [2.24, 2.45) is 11.1 Å². The third-order valence-corrected chi connectivity index (χ3v) is 2.90. The summed E-state index contributed by atoms with van der Waals surface area (Å²) in [6.45, 7) is 8.20. The Balaban J connectivity index is 2.21. The molecule has 0 radical (unpaired) electrons. The van der Waals surface area contributed by atoms with Gasteiger partial charge in [-0.1, -0.05) is 13.8 Å². The van der Waals surface area contributed by atoms with Crippen LogP contribution in [0.4, 0.5) is 0 Å². The van der Waals surface area contributed by atoms with Crippen LogP contribution in [0.5, 0.6) is 0 Å². The molecule has 0 unspecified atom stereocenters. The van der Waals surface area contributed by atoms with Crippen LogP contribution in [0.3, 0.4) is 0 Å². The standard InChI is InChI=1S/C11H23N3/c1-11(2)6-4-8-14(9-11)7-3-5-10(12)13/h3-9H2,1-2H3,(H3,12,13). The lowest BCUT2D eigenvalue weighted by Crippen LogP contribution is -2.40. The maximum atomic E-state index is 7.15. The van der Waals surface area contributed by atoms with E-state index in [0.717, 1.165) is 19.4 Å². The molecule has 0 saturated carbocycles. The zero-order valence-electron chi connectivity index (χ0n) is 9.47. The first-order valence-electron chi connectivity index (χ1n) is 5.55. The van der Waals surface area contributed by atoms with Gasteiger partial charge in [0.25, 0.3) is 0 Å². The lowest BCUT2D eigenvalue weighted by Gasteiger charge is -2.38. The molecule has 3 heteroatoms. The van der Waals surface area contributed by atoms with Gasteiger partial charge in [-0.2, -0.15) is 0 Å². The molecule has 82 valence electrons. The van der Waals surface area contributed by atoms with E-state index in [-0.39, 0.29) is 0 Å². The van der Waals surface area contributed by atoms with Crippen LogP contribution in [0.1, 0.15) is 39.5 Å². The molecular formula is C11H23N3. The molecule has 1 aliphatic rings. The fraction of sp³-hybridized carbons (Fsp3) is 0.909. The van der Waals surface area contributed by atoms with E-state index in [9.17, 15) is 0 Å². The van der Waals surface area contributed by atoms with E-state index >= 15 is 0 Å². The Morgan fingerprint density at radius 3 is 2.79 bits per heavy atom. The van der Waals surface area contributed by atoms with E-state index in [2.05, 4.69) is 18.7 Å². The molecule has 0 amide bonds. The first-order valence-corrected chi connectivity index (χ1v) is 5.55. The van der Waals surface area contributed by atoms with Crippen molar-refractivity contribution in [3.63, 3.8) is 0 Å². The number of likely N-dealkylation sites (tertiary alicyclic amines) is 1. The molecule has 0 atom stereocenters. The van der Waals surface area contributed by atoms with Crippen molar-refractivity contribution in [1.29, 1.82) is 5.41 Å². The van der Waals surface area contributed by atoms with E-state index in [0.29, 0.717) is 11.3 Å². The van der Waals surface area contributed by atoms with Gasteiger partial charge in [0.1, 0.15) is 0 Å². The third-order valence-electron chi connectivity index (χ3n) is 2.90. The Labute approximate surface area is 87.2 Å². The SMILES string of the molecule is CC1(C)CCCN(CCCC(=N)N)C1. The lowest BCUT2D eigenvalue weighted by atomic mass is 9.84. The van der Waals surface area contributed by atoms with Gasteiger partial charge in [-0.05, 0) is 37.8 Å². The Morgan fingerprint density at radius 2 is 2.21 bits per heavy atom. The Morgan fingerprint density at radius 1 is 1.50 bits per heavy atom. The first kappa shape index (κ1) is 11.5. The van der Waals surface area contributed by atoms with Gasteiger partial charge < -0.3 is 10.6 Å². The minimum absolute atomic E-state index is 0.321. The molecule has 0 aromatic carbocycles. The summed E-state index contributed by atoms with van der Waals surface area (Å²) in [5.74, 6) is 0.321. The summed E-state index contributed by atoms with van der Waals surface area (Å²) in [6.07, 6.45) is 4.44. The minimum atomic E-state index is 0.321. The van der Waals surface area contributed by atoms with E-state index < -0.39 is 0 Å². The Kier molecular flexibility index (Phi) is 3.93. The molecule has 0 aromatic heterocycles. The maximum Gasteiger partial charge on any atom is 0.0905 e. The Bertz CT molecular complexity index is 199. The van der Waals surface area contributed by atoms with Crippen LogP contribution < -0.4 is 5.73 Å². The minimum Gasteiger partial charge on any atom is -0.388 e. The molecular weight excluding hydrogens is 174 g/mol. The monoisotopic (exact) mass is 197 g/mol. The van der Waals surface area contributed by atoms with Crippen molar-refractivity contribution in [2.75, 3.05) is 19.6 Å². The van der Waals surface area contributed by atoms with Gasteiger partial charge in [0.15, 0.2) is 0 Å². The quantitative estimate of drug-likeness (QED) is 0.533. The van der Waals surface area contributed by atoms with Gasteiger partial charge in [0.05, 0.1) is 5.84 Å². The predicted octanol–water partition coefficient (Wildman–Crippen LogP) is 1.82. The molecule has 0 aliphatic carbocycles. The van der Waals surface area contributed by atoms with Crippen molar-refractivity contribution in [3.8, 4) is 0 Å². The van der Waals surface area contributed by atoms with Crippen molar-refractivity contribution < 1.29 is 0 Å². The topological polar surface area (TPSA) is 53.1 Å². The highest BCUT2D eigenvalue weighted by molar-refractivity contribution is 5.76. The predicted molar refractivity (Wildman–Crippen MR) is 60.6 cm³/mol. The maximum absolute atomic E-state index is 7.15. The van der Waals surface area contributed by atoms with Crippen LogP contribution in [0, 0.1) is 10.8 Å². The van der Waals surface area contributed by atoms with Gasteiger partial charge >= 0.3 is 0 Å². The molecule has 1 saturated heterocycles. The summed E-state index contributed by atoms with van der Waals surface area (Å²) >= 11 is 0. The van der Waals surface area contributed by atoms with Crippen molar-refractivity contribution in [1.82, 2.24) is 4.90 Å². The van der Waals surface area contributed by atoms with Crippen LogP contribution in [-0.2, 0) is 0 Å². The van der Waals surface area contributed by atoms with E-state index in [4.69, 9.17) is 11.1 Å². The van der Waals surface area contributed by atoms with Gasteiger partial charge in [-0.15, -0.1) is 0 Å². The molecule has 0 aromatic rings. The van der Waals surface area contributed by atoms with E-state index in [1.807, 2.05) is 0 Å². The first-order chi connectivity index (χ1) is 6.49. The normalized spacial score (nSPS) is 22.1. The number of piperidine rings is 1. The van der Waals surface area contributed by atoms with Crippen LogP contribution in [-0.4, -0.2) is 30.4 Å². The van der Waals surface area contributed by atoms with E-state index in [1.54, 1.807) is 0 Å². The molecule has 3 nitrogen and oxygen atoms in total. The van der Waals surface area contributed by atoms with Gasteiger partial charge in [-0.3, -0.25) is 5.41 Å². The van der Waals surface area contributed by atoms with Crippen molar-refractivity contribution in [3.05, 3.63) is 0 Å². The second-order valence-corrected chi connectivity index (χ2v) is 5.17. The lowest BCUT2D eigenvalue weighted by molar-refractivity contribution is 0.117. The van der Waals surface area contributed by atoms with Gasteiger partial charge in [-0.25, -0.2) is 0 Å². The molecule has 0 bridgehead atoms. The fourth-order valence-corrected chi connectivity index (χ4v) is 2.23. The zero-order valence-corrected chi connectivity index (χ0v) is 9.47. The highest BCUT2D eigenvalue weighted by Gasteiger charge is 2.25. The smallest absolute Gasteiger partial charge is 0.0905 e. The molecule has 3 N–H and O–H groups in total. The highest BCUT2D eigenvalue weighted by Crippen LogP contribution is 2.28. The van der Waals surface area contributed by atoms with Gasteiger partial charge in [0.2, 0.25) is 0 Å². The van der Waals surface area contributed by atoms with Crippen LogP contribution in [0.15, 0.2) is 0 Å². The summed E-state index contributed by atoms with van der Waals surface area (Å²) in [7, 11) is 0. The largest absolute Gasteiger partial charge is 0.388 e. The molecule has 0 spiro atoms. The number of nitrogens with zero attached hydrogens (tertiary/aromatic N) is 1. The summed E-state index contributed by atoms with van der Waals surface area (Å²) in [6, 6.07) is 0. The van der Waals surface area contributed by atoms with Crippen LogP contribution >= 0.6 is 0 Å². The third kappa shape index (κ3) is 4.09. The van der Waals surface area contributed by atoms with Crippen molar-refractivity contribution in [2.45, 2.75) is 39.5 Å². The second-order valence-electron chi connectivity index (χ2n) is 5.17. The number of rotatable bonds is 4. The average molecular weight is 197 g/mol. The van der Waals surface area contributed by atoms with Crippen LogP contribution in [0.2, 0.25) is 0 Å². The molecule has 1 aliphatic heterocycles. The summed E-state index contributed by atoms with van der Waals surface area (Å²) in [4.78, 5) is 2.51. The zero-order chi connectivity index (χ0) is 10.6. The average Bonchev–Trinajstić information content (AvgIpc) is 2.01. The number of amidine groups is 1. The second kappa shape index (κ2) is 4.78. The van der Waals surface area contributed by atoms with Crippen molar-refractivity contribution >= 4 is 5.84 Å². The number of nitrogens with one attached hydrogen (secondary N) is 1. The summed E-state index contributed by atoms with van der Waals surface area (Å²) in [5, 5.41) is 7.15. The summed E-state index contributed by atoms with van der Waals surface area (Å²) in [5.41, 5.74) is 5.81. The molecule has 1 rings (SSSR count). The van der Waals surface area contributed by atoms with Crippen LogP contribution in [0.25, 0.3) is 0 Å². The Hall–Kier alpha value is -0.570. The van der Waals surface area contributed by atoms with E-state index in [1.165, 1.54) is 25.9 Å². The number of hydrogen-bond acceptors (Lipinski definition) is 2. The number of hydrogen-bond donors (Lipinski definition) is 2. The number of nitrogens with two attached hydrogens (primary N) is 1. The van der Waals surface area contributed by atoms with Gasteiger partial charge in [0, 0.05) is 13.0 Å².